The number of carbonyl (C=O) groups is 1. The summed E-state index contributed by atoms with van der Waals surface area (Å²) in [6, 6.07) is 18.2. The first-order valence-electron chi connectivity index (χ1n) is 10.2. The Hall–Kier alpha value is -1.30. The summed E-state index contributed by atoms with van der Waals surface area (Å²) >= 11 is 11.2. The fourth-order valence-electron chi connectivity index (χ4n) is 3.89. The number of ether oxygens (including phenoxy) is 1. The van der Waals surface area contributed by atoms with E-state index >= 15 is 0 Å². The number of benzene rings is 2. The largest absolute Gasteiger partial charge is 0.468 e. The maximum atomic E-state index is 12.3. The molecule has 0 bridgehead atoms. The van der Waals surface area contributed by atoms with Gasteiger partial charge in [-0.25, -0.2) is 0 Å². The van der Waals surface area contributed by atoms with Gasteiger partial charge in [-0.1, -0.05) is 97.8 Å². The van der Waals surface area contributed by atoms with Gasteiger partial charge >= 0.3 is 5.97 Å². The second-order valence-corrected chi connectivity index (χ2v) is 10.4. The Labute approximate surface area is 189 Å². The van der Waals surface area contributed by atoms with Crippen LogP contribution in [0, 0.1) is 0 Å². The molecule has 1 unspecified atom stereocenters. The Morgan fingerprint density at radius 3 is 2.17 bits per heavy atom. The highest BCUT2D eigenvalue weighted by atomic mass is 32.2. The molecule has 0 radical (unpaired) electrons. The van der Waals surface area contributed by atoms with Crippen LogP contribution in [-0.2, 0) is 26.9 Å². The molecule has 0 spiro atoms. The quantitative estimate of drug-likeness (QED) is 0.322. The third kappa shape index (κ3) is 5.87. The predicted molar refractivity (Wildman–Crippen MR) is 131 cm³/mol. The monoisotopic (exact) mass is 445 g/mol. The number of thiocarbonyl (C=S) groups is 1. The topological polar surface area (TPSA) is 26.3 Å². The average molecular weight is 446 g/mol. The van der Waals surface area contributed by atoms with Gasteiger partial charge in [0, 0.05) is 18.4 Å². The van der Waals surface area contributed by atoms with Gasteiger partial charge in [-0.3, -0.25) is 4.79 Å². The molecule has 0 aliphatic heterocycles. The number of methoxy groups -OCH3 is 1. The van der Waals surface area contributed by atoms with E-state index in [0.717, 1.165) is 11.1 Å². The standard InChI is InChI=1S/C24H28O2S3/c1-26-22(25)21(18-10-6-5-7-11-18)29-23(27)19-12-14-20(15-13-19)24(28)16-8-3-2-4-9-17-24/h5-7,10-15,21,28H,2-4,8-9,16-17H2,1H3/p+1. The maximum Gasteiger partial charge on any atom is 0.323 e. The molecule has 2 aromatic rings. The lowest BCUT2D eigenvalue weighted by Crippen LogP contribution is -2.24. The van der Waals surface area contributed by atoms with Crippen molar-refractivity contribution in [2.24, 2.45) is 0 Å². The van der Waals surface area contributed by atoms with E-state index in [2.05, 4.69) is 36.9 Å². The second-order valence-electron chi connectivity index (χ2n) is 7.65. The molecular formula is C24H29O2S3+. The molecule has 1 aliphatic rings. The minimum atomic E-state index is -0.457. The normalized spacial score (nSPS) is 17.6. The molecule has 2 nitrogen and oxygen atoms in total. The molecule has 0 amide bonds. The summed E-state index contributed by atoms with van der Waals surface area (Å²) in [4.78, 5) is 12.3. The summed E-state index contributed by atoms with van der Waals surface area (Å²) in [6.45, 7) is 0. The van der Waals surface area contributed by atoms with E-state index in [-0.39, 0.29) is 10.7 Å². The number of carbonyl (C=O) groups excluding carboxylic acids is 1. The molecule has 1 atom stereocenters. The van der Waals surface area contributed by atoms with Gasteiger partial charge in [-0.15, -0.1) is 0 Å². The minimum absolute atomic E-state index is 0.0618. The summed E-state index contributed by atoms with van der Waals surface area (Å²) in [7, 11) is 1.42. The molecule has 1 aliphatic carbocycles. The first-order chi connectivity index (χ1) is 14.0. The van der Waals surface area contributed by atoms with Crippen LogP contribution in [0.1, 0.15) is 66.9 Å². The van der Waals surface area contributed by atoms with Crippen LogP contribution in [-0.4, -0.2) is 17.3 Å². The number of rotatable bonds is 5. The summed E-state index contributed by atoms with van der Waals surface area (Å²) in [5.41, 5.74) is 3.19. The van der Waals surface area contributed by atoms with Crippen LogP contribution in [0.15, 0.2) is 54.6 Å². The van der Waals surface area contributed by atoms with Gasteiger partial charge in [0.1, 0.15) is 10.00 Å². The van der Waals surface area contributed by atoms with Crippen molar-refractivity contribution in [1.82, 2.24) is 0 Å². The fourth-order valence-corrected chi connectivity index (χ4v) is 5.80. The lowest BCUT2D eigenvalue weighted by atomic mass is 9.85. The van der Waals surface area contributed by atoms with Gasteiger partial charge in [0.15, 0.2) is 0 Å². The van der Waals surface area contributed by atoms with Crippen LogP contribution >= 0.6 is 24.0 Å². The van der Waals surface area contributed by atoms with Crippen LogP contribution in [0.5, 0.6) is 0 Å². The number of thioether (sulfide) groups is 1. The van der Waals surface area contributed by atoms with E-state index in [9.17, 15) is 4.79 Å². The van der Waals surface area contributed by atoms with E-state index in [0.29, 0.717) is 4.20 Å². The molecule has 0 aromatic heterocycles. The molecular weight excluding hydrogens is 416 g/mol. The fraction of sp³-hybridized carbons (Fsp3) is 0.417. The first-order valence-corrected chi connectivity index (χ1v) is 12.0. The van der Waals surface area contributed by atoms with Crippen molar-refractivity contribution in [2.45, 2.75) is 54.9 Å². The van der Waals surface area contributed by atoms with Gasteiger partial charge in [-0.05, 0) is 36.6 Å². The van der Waals surface area contributed by atoms with E-state index in [1.165, 1.54) is 69.4 Å². The Morgan fingerprint density at radius 1 is 1.00 bits per heavy atom. The SMILES string of the molecule is COC(=O)C(SC(=S)c1ccc(C2([SH2+])CCCCCCC2)cc1)c1ccccc1. The van der Waals surface area contributed by atoms with Crippen LogP contribution in [0.3, 0.4) is 0 Å². The van der Waals surface area contributed by atoms with Crippen molar-refractivity contribution in [3.63, 3.8) is 0 Å². The van der Waals surface area contributed by atoms with Crippen molar-refractivity contribution in [1.29, 1.82) is 0 Å². The third-order valence-corrected chi connectivity index (χ3v) is 8.09. The van der Waals surface area contributed by atoms with Gasteiger partial charge in [0.2, 0.25) is 0 Å². The highest BCUT2D eigenvalue weighted by Crippen LogP contribution is 2.38. The zero-order valence-corrected chi connectivity index (χ0v) is 19.5. The van der Waals surface area contributed by atoms with Gasteiger partial charge in [0.25, 0.3) is 0 Å². The van der Waals surface area contributed by atoms with Crippen molar-refractivity contribution in [3.8, 4) is 0 Å². The van der Waals surface area contributed by atoms with Crippen LogP contribution in [0.25, 0.3) is 0 Å². The minimum Gasteiger partial charge on any atom is -0.468 e. The maximum absolute atomic E-state index is 12.3. The molecule has 0 N–H and O–H groups in total. The van der Waals surface area contributed by atoms with Crippen molar-refractivity contribution >= 4 is 46.8 Å². The first kappa shape index (κ1) is 22.4. The summed E-state index contributed by atoms with van der Waals surface area (Å²) < 4.78 is 5.78. The van der Waals surface area contributed by atoms with Crippen LogP contribution in [0.2, 0.25) is 0 Å². The zero-order valence-electron chi connectivity index (χ0n) is 16.9. The smallest absolute Gasteiger partial charge is 0.323 e. The molecule has 2 aromatic carbocycles. The summed E-state index contributed by atoms with van der Waals surface area (Å²) in [6.07, 6.45) is 8.85. The Morgan fingerprint density at radius 2 is 1.59 bits per heavy atom. The molecule has 154 valence electrons. The van der Waals surface area contributed by atoms with Gasteiger partial charge in [-0.2, -0.15) is 0 Å². The summed E-state index contributed by atoms with van der Waals surface area (Å²) in [5, 5.41) is -0.457. The van der Waals surface area contributed by atoms with Crippen molar-refractivity contribution in [2.75, 3.05) is 7.11 Å². The molecule has 1 saturated carbocycles. The molecule has 0 heterocycles. The lowest BCUT2D eigenvalue weighted by molar-refractivity contribution is -0.140. The van der Waals surface area contributed by atoms with Gasteiger partial charge in [0.05, 0.1) is 11.3 Å². The molecule has 5 heteroatoms. The zero-order chi connectivity index (χ0) is 20.7. The highest BCUT2D eigenvalue weighted by Gasteiger charge is 2.34. The van der Waals surface area contributed by atoms with E-state index in [1.54, 1.807) is 0 Å². The van der Waals surface area contributed by atoms with E-state index in [4.69, 9.17) is 17.0 Å². The van der Waals surface area contributed by atoms with Crippen LogP contribution in [0.4, 0.5) is 0 Å². The number of esters is 1. The number of hydrogen-bond donors (Lipinski definition) is 0. The Kier molecular flexibility index (Phi) is 8.22. The van der Waals surface area contributed by atoms with E-state index in [1.807, 2.05) is 30.3 Å². The van der Waals surface area contributed by atoms with Crippen molar-refractivity contribution < 1.29 is 9.53 Å². The molecule has 0 saturated heterocycles. The van der Waals surface area contributed by atoms with Gasteiger partial charge < -0.3 is 4.74 Å². The summed E-state index contributed by atoms with van der Waals surface area (Å²) in [5.74, 6) is -0.284. The number of hydrogen-bond acceptors (Lipinski definition) is 4. The lowest BCUT2D eigenvalue weighted by Gasteiger charge is -2.26. The van der Waals surface area contributed by atoms with E-state index < -0.39 is 5.25 Å². The Bertz CT molecular complexity index is 810. The molecule has 3 rings (SSSR count). The second kappa shape index (κ2) is 10.6. The third-order valence-electron chi connectivity index (χ3n) is 5.62. The van der Waals surface area contributed by atoms with Crippen LogP contribution < -0.4 is 0 Å². The molecule has 29 heavy (non-hydrogen) atoms. The predicted octanol–water partition coefficient (Wildman–Crippen LogP) is 5.96. The molecule has 1 fully saturated rings. The van der Waals surface area contributed by atoms with Crippen molar-refractivity contribution in [3.05, 3.63) is 71.3 Å². The highest BCUT2D eigenvalue weighted by molar-refractivity contribution is 8.24. The average Bonchev–Trinajstić information content (AvgIpc) is 2.75. The Balaban J connectivity index is 1.74.